The van der Waals surface area contributed by atoms with Crippen LogP contribution in [0.4, 0.5) is 4.39 Å². The normalized spacial score (nSPS) is 11.9. The second-order valence-electron chi connectivity index (χ2n) is 6.97. The summed E-state index contributed by atoms with van der Waals surface area (Å²) in [5.41, 5.74) is 5.59. The van der Waals surface area contributed by atoms with Gasteiger partial charge in [0.15, 0.2) is 0 Å². The Kier molecular flexibility index (Phi) is 5.36. The second kappa shape index (κ2) is 8.27. The largest absolute Gasteiger partial charge is 0.466 e. The van der Waals surface area contributed by atoms with E-state index in [-0.39, 0.29) is 17.9 Å². The van der Waals surface area contributed by atoms with Crippen LogP contribution in [0.3, 0.4) is 0 Å². The van der Waals surface area contributed by atoms with Crippen LogP contribution in [0.15, 0.2) is 87.0 Å². The predicted molar refractivity (Wildman–Crippen MR) is 112 cm³/mol. The van der Waals surface area contributed by atoms with Gasteiger partial charge in [0.1, 0.15) is 23.3 Å². The molecule has 0 fully saturated rings. The third-order valence-electron chi connectivity index (χ3n) is 4.97. The van der Waals surface area contributed by atoms with E-state index in [0.717, 1.165) is 16.2 Å². The molecule has 8 heteroatoms. The minimum atomic E-state index is -0.911. The number of nitrogens with two attached hydrogens (primary N) is 1. The van der Waals surface area contributed by atoms with Gasteiger partial charge in [0.05, 0.1) is 6.26 Å². The van der Waals surface area contributed by atoms with Gasteiger partial charge in [0.25, 0.3) is 11.5 Å². The Morgan fingerprint density at radius 3 is 2.42 bits per heavy atom. The number of primary amides is 1. The zero-order chi connectivity index (χ0) is 22.0. The molecular weight excluding hydrogens is 401 g/mol. The van der Waals surface area contributed by atoms with Gasteiger partial charge in [-0.3, -0.25) is 9.59 Å². The van der Waals surface area contributed by atoms with Crippen LogP contribution in [0.2, 0.25) is 0 Å². The molecular formula is C23H18FN3O4. The number of furan rings is 1. The molecule has 0 saturated heterocycles. The summed E-state index contributed by atoms with van der Waals surface area (Å²) < 4.78 is 20.1. The molecule has 4 aromatic rings. The van der Waals surface area contributed by atoms with E-state index in [1.54, 1.807) is 18.2 Å². The Bertz CT molecular complexity index is 1310. The molecule has 0 aliphatic carbocycles. The zero-order valence-corrected chi connectivity index (χ0v) is 16.2. The van der Waals surface area contributed by atoms with E-state index in [1.807, 2.05) is 30.3 Å². The van der Waals surface area contributed by atoms with E-state index in [9.17, 15) is 18.8 Å². The maximum atomic E-state index is 13.4. The number of hydrogen-bond acceptors (Lipinski definition) is 4. The van der Waals surface area contributed by atoms with Gasteiger partial charge in [0.2, 0.25) is 0 Å². The van der Waals surface area contributed by atoms with Crippen LogP contribution < -0.4 is 17.0 Å². The second-order valence-corrected chi connectivity index (χ2v) is 6.97. The highest BCUT2D eigenvalue weighted by atomic mass is 19.1. The fourth-order valence-corrected chi connectivity index (χ4v) is 3.52. The van der Waals surface area contributed by atoms with Gasteiger partial charge in [-0.25, -0.2) is 13.8 Å². The van der Waals surface area contributed by atoms with Crippen molar-refractivity contribution in [1.29, 1.82) is 0 Å². The van der Waals surface area contributed by atoms with E-state index in [4.69, 9.17) is 10.2 Å². The summed E-state index contributed by atoms with van der Waals surface area (Å²) >= 11 is 0. The molecule has 0 radical (unpaired) electrons. The summed E-state index contributed by atoms with van der Waals surface area (Å²) in [6.07, 6.45) is 1.71. The molecule has 0 saturated carbocycles. The molecule has 0 spiro atoms. The van der Waals surface area contributed by atoms with Crippen LogP contribution in [0.1, 0.15) is 27.9 Å². The lowest BCUT2D eigenvalue weighted by atomic mass is 9.97. The molecule has 2 heterocycles. The number of benzene rings is 2. The van der Waals surface area contributed by atoms with Crippen LogP contribution >= 0.6 is 0 Å². The van der Waals surface area contributed by atoms with Crippen molar-refractivity contribution >= 4 is 5.91 Å². The maximum absolute atomic E-state index is 13.4. The van der Waals surface area contributed by atoms with E-state index in [0.29, 0.717) is 16.9 Å². The number of aromatic amines is 1. The number of hydrogen-bond donors (Lipinski definition) is 2. The number of nitrogens with one attached hydrogen (secondary N) is 1. The standard InChI is InChI=1S/C23H18FN3O4/c24-16-8-6-15(7-9-16)17-10-11-31-21(17)19(12-14-4-2-1-3-5-14)27-20(28)13-18(22(25)29)26-23(27)30/h1-11,13,19H,12H2,(H2,25,29)(H,26,30). The number of halogens is 1. The van der Waals surface area contributed by atoms with Gasteiger partial charge in [-0.2, -0.15) is 0 Å². The highest BCUT2D eigenvalue weighted by molar-refractivity contribution is 5.90. The smallest absolute Gasteiger partial charge is 0.329 e. The average Bonchev–Trinajstić information content (AvgIpc) is 3.23. The molecule has 1 amide bonds. The quantitative estimate of drug-likeness (QED) is 0.501. The number of amides is 1. The summed E-state index contributed by atoms with van der Waals surface area (Å²) in [4.78, 5) is 39.4. The zero-order valence-electron chi connectivity index (χ0n) is 16.2. The Labute approximate surface area is 175 Å². The third-order valence-corrected chi connectivity index (χ3v) is 4.97. The van der Waals surface area contributed by atoms with E-state index in [1.165, 1.54) is 18.4 Å². The van der Waals surface area contributed by atoms with E-state index < -0.39 is 23.2 Å². The average molecular weight is 419 g/mol. The van der Waals surface area contributed by atoms with Crippen molar-refractivity contribution < 1.29 is 13.6 Å². The lowest BCUT2D eigenvalue weighted by molar-refractivity contribution is 0.0994. The van der Waals surface area contributed by atoms with Crippen molar-refractivity contribution in [1.82, 2.24) is 9.55 Å². The van der Waals surface area contributed by atoms with Crippen LogP contribution in [0.5, 0.6) is 0 Å². The highest BCUT2D eigenvalue weighted by Gasteiger charge is 2.26. The molecule has 1 atom stereocenters. The van der Waals surface area contributed by atoms with Crippen molar-refractivity contribution in [2.24, 2.45) is 5.73 Å². The molecule has 4 rings (SSSR count). The van der Waals surface area contributed by atoms with E-state index in [2.05, 4.69) is 4.98 Å². The molecule has 0 bridgehead atoms. The van der Waals surface area contributed by atoms with Crippen molar-refractivity contribution in [2.75, 3.05) is 0 Å². The minimum absolute atomic E-state index is 0.265. The van der Waals surface area contributed by atoms with Crippen molar-refractivity contribution in [3.63, 3.8) is 0 Å². The lowest BCUT2D eigenvalue weighted by Gasteiger charge is -2.19. The molecule has 156 valence electrons. The first kappa shape index (κ1) is 20.1. The topological polar surface area (TPSA) is 111 Å². The minimum Gasteiger partial charge on any atom is -0.466 e. The monoisotopic (exact) mass is 419 g/mol. The summed E-state index contributed by atoms with van der Waals surface area (Å²) in [6, 6.07) is 17.0. The van der Waals surface area contributed by atoms with Gasteiger partial charge >= 0.3 is 5.69 Å². The predicted octanol–water partition coefficient (Wildman–Crippen LogP) is 2.87. The van der Waals surface area contributed by atoms with Crippen molar-refractivity contribution in [2.45, 2.75) is 12.5 Å². The summed E-state index contributed by atoms with van der Waals surface area (Å²) in [5, 5.41) is 0. The first-order chi connectivity index (χ1) is 14.9. The number of aromatic nitrogens is 2. The summed E-state index contributed by atoms with van der Waals surface area (Å²) in [6.45, 7) is 0. The molecule has 2 aromatic carbocycles. The first-order valence-electron chi connectivity index (χ1n) is 9.47. The highest BCUT2D eigenvalue weighted by Crippen LogP contribution is 2.32. The number of carbonyl (C=O) groups is 1. The molecule has 31 heavy (non-hydrogen) atoms. The van der Waals surface area contributed by atoms with Crippen LogP contribution in [0, 0.1) is 5.82 Å². The molecule has 1 unspecified atom stereocenters. The fourth-order valence-electron chi connectivity index (χ4n) is 3.52. The van der Waals surface area contributed by atoms with Gasteiger partial charge in [-0.1, -0.05) is 42.5 Å². The molecule has 3 N–H and O–H groups in total. The SMILES string of the molecule is NC(=O)c1cc(=O)n(C(Cc2ccccc2)c2occc2-c2ccc(F)cc2)c(=O)[nH]1. The van der Waals surface area contributed by atoms with Gasteiger partial charge in [-0.15, -0.1) is 0 Å². The Morgan fingerprint density at radius 2 is 1.77 bits per heavy atom. The van der Waals surface area contributed by atoms with Gasteiger partial charge < -0.3 is 15.1 Å². The van der Waals surface area contributed by atoms with Crippen LogP contribution in [-0.2, 0) is 6.42 Å². The summed E-state index contributed by atoms with van der Waals surface area (Å²) in [5.74, 6) is -0.940. The fraction of sp³-hybridized carbons (Fsp3) is 0.0870. The number of nitrogens with zero attached hydrogens (tertiary/aromatic N) is 1. The molecule has 0 aliphatic rings. The van der Waals surface area contributed by atoms with Crippen LogP contribution in [-0.4, -0.2) is 15.5 Å². The number of H-pyrrole nitrogens is 1. The number of rotatable bonds is 6. The van der Waals surface area contributed by atoms with E-state index >= 15 is 0 Å². The third kappa shape index (κ3) is 4.09. The van der Waals surface area contributed by atoms with Gasteiger partial charge in [0, 0.05) is 18.1 Å². The Morgan fingerprint density at radius 1 is 1.06 bits per heavy atom. The van der Waals surface area contributed by atoms with Crippen LogP contribution in [0.25, 0.3) is 11.1 Å². The summed E-state index contributed by atoms with van der Waals surface area (Å²) in [7, 11) is 0. The maximum Gasteiger partial charge on any atom is 0.329 e. The Hall–Kier alpha value is -4.20. The molecule has 7 nitrogen and oxygen atoms in total. The van der Waals surface area contributed by atoms with Crippen molar-refractivity contribution in [3.8, 4) is 11.1 Å². The lowest BCUT2D eigenvalue weighted by Crippen LogP contribution is -2.40. The Balaban J connectivity index is 1.89. The first-order valence-corrected chi connectivity index (χ1v) is 9.47. The van der Waals surface area contributed by atoms with Gasteiger partial charge in [-0.05, 0) is 29.3 Å². The molecule has 0 aliphatic heterocycles. The van der Waals surface area contributed by atoms with Crippen molar-refractivity contribution in [3.05, 3.63) is 117 Å². The molecule has 2 aromatic heterocycles. The number of carbonyl (C=O) groups excluding carboxylic acids is 1.